The van der Waals surface area contributed by atoms with Crippen LogP contribution in [0.3, 0.4) is 0 Å². The Morgan fingerprint density at radius 2 is 1.72 bits per heavy atom. The average Bonchev–Trinajstić information content (AvgIpc) is 2.64. The van der Waals surface area contributed by atoms with Crippen LogP contribution >= 0.6 is 0 Å². The molecule has 3 aromatic carbocycles. The maximum Gasteiger partial charge on any atom is 0.128 e. The lowest BCUT2D eigenvalue weighted by Crippen LogP contribution is -2.23. The molecule has 0 N–H and O–H groups in total. The van der Waals surface area contributed by atoms with Gasteiger partial charge in [-0.15, -0.1) is 0 Å². The molecule has 3 heteroatoms. The van der Waals surface area contributed by atoms with Crippen molar-refractivity contribution in [1.29, 1.82) is 5.26 Å². The molecule has 3 rings (SSSR count). The third kappa shape index (κ3) is 4.24. The van der Waals surface area contributed by atoms with E-state index in [9.17, 15) is 4.39 Å². The molecular weight excluding hydrogens is 311 g/mol. The van der Waals surface area contributed by atoms with Crippen molar-refractivity contribution < 1.29 is 4.39 Å². The van der Waals surface area contributed by atoms with E-state index in [2.05, 4.69) is 29.2 Å². The van der Waals surface area contributed by atoms with Gasteiger partial charge in [-0.2, -0.15) is 5.26 Å². The zero-order valence-corrected chi connectivity index (χ0v) is 14.1. The largest absolute Gasteiger partial charge is 0.363 e. The number of anilines is 1. The standard InChI is InChI=1S/C22H19FN2/c1-17-6-5-9-21(12-17)25(15-18-7-3-2-4-8-18)16-20-13-19(14-24)10-11-22(20)23/h2-13H,15-16H2,1H3. The molecule has 0 unspecified atom stereocenters. The highest BCUT2D eigenvalue weighted by Crippen LogP contribution is 2.23. The Morgan fingerprint density at radius 1 is 0.920 bits per heavy atom. The molecule has 2 nitrogen and oxygen atoms in total. The predicted molar refractivity (Wildman–Crippen MR) is 98.6 cm³/mol. The molecule has 0 atom stereocenters. The second-order valence-electron chi connectivity index (χ2n) is 6.10. The van der Waals surface area contributed by atoms with Gasteiger partial charge in [0.2, 0.25) is 0 Å². The normalized spacial score (nSPS) is 10.3. The molecule has 0 aliphatic rings. The number of aryl methyl sites for hydroxylation is 1. The maximum absolute atomic E-state index is 14.3. The minimum Gasteiger partial charge on any atom is -0.363 e. The van der Waals surface area contributed by atoms with E-state index in [1.165, 1.54) is 12.1 Å². The fraction of sp³-hybridized carbons (Fsp3) is 0.136. The van der Waals surface area contributed by atoms with Crippen LogP contribution < -0.4 is 4.90 Å². The van der Waals surface area contributed by atoms with Crippen molar-refractivity contribution in [2.24, 2.45) is 0 Å². The molecule has 0 spiro atoms. The van der Waals surface area contributed by atoms with Crippen molar-refractivity contribution in [3.05, 3.63) is 101 Å². The second-order valence-corrected chi connectivity index (χ2v) is 6.10. The highest BCUT2D eigenvalue weighted by Gasteiger charge is 2.12. The molecule has 0 saturated heterocycles. The maximum atomic E-state index is 14.3. The van der Waals surface area contributed by atoms with Crippen LogP contribution in [-0.4, -0.2) is 0 Å². The van der Waals surface area contributed by atoms with Crippen LogP contribution in [0, 0.1) is 24.1 Å². The molecule has 0 fully saturated rings. The van der Waals surface area contributed by atoms with Gasteiger partial charge >= 0.3 is 0 Å². The fourth-order valence-corrected chi connectivity index (χ4v) is 2.84. The molecule has 0 heterocycles. The number of nitriles is 1. The first kappa shape index (κ1) is 16.7. The number of nitrogens with zero attached hydrogens (tertiary/aromatic N) is 2. The number of hydrogen-bond donors (Lipinski definition) is 0. The Hall–Kier alpha value is -3.12. The fourth-order valence-electron chi connectivity index (χ4n) is 2.84. The summed E-state index contributed by atoms with van der Waals surface area (Å²) >= 11 is 0. The van der Waals surface area contributed by atoms with Gasteiger partial charge in [0.1, 0.15) is 5.82 Å². The summed E-state index contributed by atoms with van der Waals surface area (Å²) in [5.41, 5.74) is 4.34. The Labute approximate surface area is 147 Å². The van der Waals surface area contributed by atoms with Gasteiger partial charge in [0.15, 0.2) is 0 Å². The van der Waals surface area contributed by atoms with Crippen molar-refractivity contribution in [2.45, 2.75) is 20.0 Å². The van der Waals surface area contributed by atoms with Gasteiger partial charge in [-0.05, 0) is 48.4 Å². The molecule has 0 saturated carbocycles. The molecule has 0 bridgehead atoms. The zero-order valence-electron chi connectivity index (χ0n) is 14.1. The lowest BCUT2D eigenvalue weighted by molar-refractivity contribution is 0.603. The summed E-state index contributed by atoms with van der Waals surface area (Å²) in [5, 5.41) is 9.09. The summed E-state index contributed by atoms with van der Waals surface area (Å²) in [6.45, 7) is 3.11. The molecular formula is C22H19FN2. The van der Waals surface area contributed by atoms with E-state index < -0.39 is 0 Å². The summed E-state index contributed by atoms with van der Waals surface area (Å²) in [6, 6.07) is 24.9. The van der Waals surface area contributed by atoms with Gasteiger partial charge in [0.25, 0.3) is 0 Å². The van der Waals surface area contributed by atoms with E-state index in [1.807, 2.05) is 43.3 Å². The quantitative estimate of drug-likeness (QED) is 0.642. The van der Waals surface area contributed by atoms with E-state index in [1.54, 1.807) is 6.07 Å². The van der Waals surface area contributed by atoms with Crippen LogP contribution in [-0.2, 0) is 13.1 Å². The van der Waals surface area contributed by atoms with E-state index in [4.69, 9.17) is 5.26 Å². The minimum absolute atomic E-state index is 0.287. The van der Waals surface area contributed by atoms with Gasteiger partial charge in [0.05, 0.1) is 11.6 Å². The number of rotatable bonds is 5. The van der Waals surface area contributed by atoms with Crippen LogP contribution in [0.15, 0.2) is 72.8 Å². The topological polar surface area (TPSA) is 27.0 Å². The van der Waals surface area contributed by atoms with Crippen molar-refractivity contribution in [2.75, 3.05) is 4.90 Å². The first-order chi connectivity index (χ1) is 12.2. The number of hydrogen-bond acceptors (Lipinski definition) is 2. The summed E-state index contributed by atoms with van der Waals surface area (Å²) in [6.07, 6.45) is 0. The third-order valence-corrected chi connectivity index (χ3v) is 4.12. The third-order valence-electron chi connectivity index (χ3n) is 4.12. The first-order valence-electron chi connectivity index (χ1n) is 8.20. The minimum atomic E-state index is -0.287. The second kappa shape index (κ2) is 7.63. The molecule has 3 aromatic rings. The summed E-state index contributed by atoms with van der Waals surface area (Å²) < 4.78 is 14.3. The molecule has 0 aliphatic heterocycles. The van der Waals surface area contributed by atoms with Gasteiger partial charge in [-0.3, -0.25) is 0 Å². The van der Waals surface area contributed by atoms with Crippen molar-refractivity contribution in [3.8, 4) is 6.07 Å². The van der Waals surface area contributed by atoms with Gasteiger partial charge in [-0.1, -0.05) is 42.5 Å². The molecule has 0 aromatic heterocycles. The average molecular weight is 330 g/mol. The number of halogens is 1. The highest BCUT2D eigenvalue weighted by molar-refractivity contribution is 5.50. The van der Waals surface area contributed by atoms with E-state index in [0.29, 0.717) is 24.2 Å². The smallest absolute Gasteiger partial charge is 0.128 e. The molecule has 0 radical (unpaired) electrons. The highest BCUT2D eigenvalue weighted by atomic mass is 19.1. The Morgan fingerprint density at radius 3 is 2.44 bits per heavy atom. The Balaban J connectivity index is 1.95. The van der Waals surface area contributed by atoms with Gasteiger partial charge in [-0.25, -0.2) is 4.39 Å². The van der Waals surface area contributed by atoms with Crippen molar-refractivity contribution in [1.82, 2.24) is 0 Å². The zero-order chi connectivity index (χ0) is 17.6. The van der Waals surface area contributed by atoms with Crippen molar-refractivity contribution >= 4 is 5.69 Å². The van der Waals surface area contributed by atoms with Crippen molar-refractivity contribution in [3.63, 3.8) is 0 Å². The SMILES string of the molecule is Cc1cccc(N(Cc2ccccc2)Cc2cc(C#N)ccc2F)c1. The van der Waals surface area contributed by atoms with E-state index in [-0.39, 0.29) is 5.82 Å². The summed E-state index contributed by atoms with van der Waals surface area (Å²) in [4.78, 5) is 2.13. The van der Waals surface area contributed by atoms with E-state index >= 15 is 0 Å². The number of benzene rings is 3. The molecule has 0 amide bonds. The lowest BCUT2D eigenvalue weighted by Gasteiger charge is -2.26. The Kier molecular flexibility index (Phi) is 5.11. The first-order valence-corrected chi connectivity index (χ1v) is 8.20. The van der Waals surface area contributed by atoms with Gasteiger partial charge in [0, 0.05) is 24.3 Å². The predicted octanol–water partition coefficient (Wildman–Crippen LogP) is 5.21. The summed E-state index contributed by atoms with van der Waals surface area (Å²) in [7, 11) is 0. The monoisotopic (exact) mass is 330 g/mol. The molecule has 0 aliphatic carbocycles. The molecule has 25 heavy (non-hydrogen) atoms. The van der Waals surface area contributed by atoms with E-state index in [0.717, 1.165) is 16.8 Å². The van der Waals surface area contributed by atoms with Gasteiger partial charge < -0.3 is 4.90 Å². The van der Waals surface area contributed by atoms with Crippen LogP contribution in [0.2, 0.25) is 0 Å². The van der Waals surface area contributed by atoms with Crippen LogP contribution in [0.1, 0.15) is 22.3 Å². The summed E-state index contributed by atoms with van der Waals surface area (Å²) in [5.74, 6) is -0.287. The lowest BCUT2D eigenvalue weighted by atomic mass is 10.1. The van der Waals surface area contributed by atoms with Crippen LogP contribution in [0.4, 0.5) is 10.1 Å². The molecule has 124 valence electrons. The Bertz CT molecular complexity index is 897. The van der Waals surface area contributed by atoms with Crippen LogP contribution in [0.5, 0.6) is 0 Å². The van der Waals surface area contributed by atoms with Crippen LogP contribution in [0.25, 0.3) is 0 Å².